The Morgan fingerprint density at radius 1 is 1.02 bits per heavy atom. The van der Waals surface area contributed by atoms with E-state index in [2.05, 4.69) is 50.5 Å². The van der Waals surface area contributed by atoms with E-state index in [-0.39, 0.29) is 28.3 Å². The van der Waals surface area contributed by atoms with Crippen LogP contribution in [0.5, 0.6) is 0 Å². The number of rotatable bonds is 8. The van der Waals surface area contributed by atoms with Crippen LogP contribution in [0.1, 0.15) is 102 Å². The van der Waals surface area contributed by atoms with Gasteiger partial charge in [0.25, 0.3) is 5.56 Å². The summed E-state index contributed by atoms with van der Waals surface area (Å²) in [6.45, 7) is 8.32. The van der Waals surface area contributed by atoms with Gasteiger partial charge in [-0.1, -0.05) is 43.2 Å². The topological polar surface area (TPSA) is 93.0 Å². The number of aryl methyl sites for hydroxylation is 1. The van der Waals surface area contributed by atoms with E-state index in [1.807, 2.05) is 19.2 Å². The van der Waals surface area contributed by atoms with Crippen LogP contribution in [0.3, 0.4) is 0 Å². The molecule has 4 aromatic rings. The number of carbonyl (C=O) groups is 1. The van der Waals surface area contributed by atoms with E-state index in [1.165, 1.54) is 18.1 Å². The molecular weight excluding hydrogens is 560 g/mol. The first kappa shape index (κ1) is 29.5. The van der Waals surface area contributed by atoms with Crippen LogP contribution in [-0.2, 0) is 6.54 Å². The summed E-state index contributed by atoms with van der Waals surface area (Å²) < 4.78 is 1.73. The Morgan fingerprint density at radius 3 is 2.37 bits per heavy atom. The van der Waals surface area contributed by atoms with E-state index in [1.54, 1.807) is 17.7 Å². The minimum absolute atomic E-state index is 0.0342. The number of carbonyl (C=O) groups excluding carboxylic acids is 1. The summed E-state index contributed by atoms with van der Waals surface area (Å²) in [7, 11) is 0. The molecule has 224 valence electrons. The number of anilines is 2. The highest BCUT2D eigenvalue weighted by molar-refractivity contribution is 6.20. The molecule has 8 nitrogen and oxygen atoms in total. The van der Waals surface area contributed by atoms with Crippen LogP contribution in [0, 0.1) is 6.92 Å². The molecular formula is C34H39ClN6O2. The molecule has 1 aliphatic heterocycles. The minimum Gasteiger partial charge on any atom is -0.309 e. The van der Waals surface area contributed by atoms with Crippen molar-refractivity contribution < 1.29 is 4.79 Å². The zero-order chi connectivity index (χ0) is 30.1. The average molecular weight is 599 g/mol. The number of likely N-dealkylation sites (tertiary alicyclic amines) is 1. The number of benzene rings is 1. The highest BCUT2D eigenvalue weighted by atomic mass is 35.5. The number of nitrogens with zero attached hydrogens (tertiary/aromatic N) is 5. The van der Waals surface area contributed by atoms with Crippen LogP contribution in [0.4, 0.5) is 11.8 Å². The molecule has 4 heterocycles. The van der Waals surface area contributed by atoms with E-state index in [0.29, 0.717) is 28.9 Å². The van der Waals surface area contributed by atoms with Gasteiger partial charge in [-0.05, 0) is 93.8 Å². The first-order valence-corrected chi connectivity index (χ1v) is 15.8. The summed E-state index contributed by atoms with van der Waals surface area (Å²) in [5.74, 6) is 1.30. The summed E-state index contributed by atoms with van der Waals surface area (Å²) in [6, 6.07) is 12.8. The zero-order valence-corrected chi connectivity index (χ0v) is 25.9. The van der Waals surface area contributed by atoms with Crippen molar-refractivity contribution in [2.24, 2.45) is 0 Å². The van der Waals surface area contributed by atoms with Gasteiger partial charge in [-0.25, -0.2) is 9.97 Å². The molecule has 9 heteroatoms. The molecule has 1 aromatic carbocycles. The Morgan fingerprint density at radius 2 is 1.74 bits per heavy atom. The molecule has 3 aromatic heterocycles. The van der Waals surface area contributed by atoms with Crippen molar-refractivity contribution in [3.8, 4) is 0 Å². The fourth-order valence-electron chi connectivity index (χ4n) is 6.71. The van der Waals surface area contributed by atoms with Crippen molar-refractivity contribution in [1.82, 2.24) is 24.4 Å². The lowest BCUT2D eigenvalue weighted by atomic mass is 9.90. The second-order valence-electron chi connectivity index (χ2n) is 12.1. The van der Waals surface area contributed by atoms with Gasteiger partial charge in [0.1, 0.15) is 11.5 Å². The molecule has 1 atom stereocenters. The van der Waals surface area contributed by atoms with Crippen molar-refractivity contribution >= 4 is 40.2 Å². The quantitative estimate of drug-likeness (QED) is 0.169. The number of hydrogen-bond donors (Lipinski definition) is 1. The molecule has 0 bridgehead atoms. The molecule has 6 rings (SSSR count). The number of Topliss-reactive ketones (excluding diaryl/α,β-unsaturated/α-hetero) is 1. The number of halogens is 1. The van der Waals surface area contributed by atoms with Crippen molar-refractivity contribution in [1.29, 1.82) is 0 Å². The normalized spacial score (nSPS) is 17.4. The van der Waals surface area contributed by atoms with Gasteiger partial charge in [0.05, 0.1) is 10.9 Å². The summed E-state index contributed by atoms with van der Waals surface area (Å²) in [5.41, 5.74) is 4.92. The third-order valence-corrected chi connectivity index (χ3v) is 9.43. The van der Waals surface area contributed by atoms with Crippen molar-refractivity contribution in [3.63, 3.8) is 0 Å². The Labute approximate surface area is 257 Å². The predicted octanol–water partition coefficient (Wildman–Crippen LogP) is 7.24. The molecule has 0 spiro atoms. The van der Waals surface area contributed by atoms with Crippen LogP contribution >= 0.6 is 11.6 Å². The van der Waals surface area contributed by atoms with Gasteiger partial charge in [0.15, 0.2) is 5.78 Å². The minimum atomic E-state index is -0.249. The van der Waals surface area contributed by atoms with Gasteiger partial charge >= 0.3 is 0 Å². The number of nitrogens with one attached hydrogen (secondary N) is 1. The number of aromatic nitrogens is 4. The molecule has 43 heavy (non-hydrogen) atoms. The van der Waals surface area contributed by atoms with Gasteiger partial charge in [-0.15, -0.1) is 11.6 Å². The predicted molar refractivity (Wildman–Crippen MR) is 172 cm³/mol. The van der Waals surface area contributed by atoms with E-state index in [4.69, 9.17) is 16.6 Å². The van der Waals surface area contributed by atoms with Crippen LogP contribution in [0.25, 0.3) is 11.0 Å². The third-order valence-electron chi connectivity index (χ3n) is 9.18. The third kappa shape index (κ3) is 6.22. The monoisotopic (exact) mass is 598 g/mol. The molecule has 1 saturated carbocycles. The molecule has 2 fully saturated rings. The number of ketones is 1. The maximum atomic E-state index is 13.5. The van der Waals surface area contributed by atoms with Gasteiger partial charge in [0.2, 0.25) is 5.95 Å². The number of piperidine rings is 1. The second-order valence-corrected chi connectivity index (χ2v) is 12.8. The zero-order valence-electron chi connectivity index (χ0n) is 25.1. The van der Waals surface area contributed by atoms with E-state index < -0.39 is 0 Å². The molecule has 2 aliphatic rings. The first-order valence-electron chi connectivity index (χ1n) is 15.4. The van der Waals surface area contributed by atoms with E-state index >= 15 is 0 Å². The molecule has 0 unspecified atom stereocenters. The summed E-state index contributed by atoms with van der Waals surface area (Å²) >= 11 is 6.20. The molecule has 1 saturated heterocycles. The van der Waals surface area contributed by atoms with Gasteiger partial charge in [-0.3, -0.25) is 19.1 Å². The summed E-state index contributed by atoms with van der Waals surface area (Å²) in [5, 5.41) is 4.00. The van der Waals surface area contributed by atoms with Crippen molar-refractivity contribution in [3.05, 3.63) is 87.0 Å². The second kappa shape index (κ2) is 12.5. The highest BCUT2D eigenvalue weighted by Crippen LogP contribution is 2.33. The molecule has 1 N–H and O–H groups in total. The Kier molecular flexibility index (Phi) is 8.59. The largest absolute Gasteiger partial charge is 0.309 e. The Hall–Kier alpha value is -3.62. The lowest BCUT2D eigenvalue weighted by molar-refractivity contribution is 0.101. The van der Waals surface area contributed by atoms with Crippen molar-refractivity contribution in [2.45, 2.75) is 83.2 Å². The van der Waals surface area contributed by atoms with Crippen LogP contribution in [0.2, 0.25) is 0 Å². The van der Waals surface area contributed by atoms with Crippen LogP contribution < -0.4 is 10.9 Å². The van der Waals surface area contributed by atoms with Crippen molar-refractivity contribution in [2.75, 3.05) is 18.4 Å². The summed E-state index contributed by atoms with van der Waals surface area (Å²) in [6.07, 6.45) is 9.81. The number of alkyl halides is 1. The van der Waals surface area contributed by atoms with Crippen LogP contribution in [-0.4, -0.2) is 43.3 Å². The number of pyridine rings is 2. The Balaban J connectivity index is 1.14. The fraction of sp³-hybridized carbons (Fsp3) is 0.441. The Bertz CT molecular complexity index is 1670. The van der Waals surface area contributed by atoms with Gasteiger partial charge in [0, 0.05) is 30.4 Å². The fourth-order valence-corrected chi connectivity index (χ4v) is 6.86. The standard InChI is InChI=1S/C34H39ClN6O2/c1-21-29-19-37-34(39-32(29)41(28-6-4-5-7-28)33(43)31(21)23(3)42)38-30-13-12-27(18-36-30)26-14-16-40(17-15-26)20-24-8-10-25(11-9-24)22(2)35/h8-13,18-19,22,26,28H,4-7,14-17,20H2,1-3H3,(H,36,37,38,39)/t22-/m0/s1. The molecule has 0 amide bonds. The number of hydrogen-bond acceptors (Lipinski definition) is 7. The lowest BCUT2D eigenvalue weighted by Crippen LogP contribution is -2.32. The lowest BCUT2D eigenvalue weighted by Gasteiger charge is -2.32. The maximum Gasteiger partial charge on any atom is 0.263 e. The molecule has 0 radical (unpaired) electrons. The molecule has 1 aliphatic carbocycles. The van der Waals surface area contributed by atoms with Crippen LogP contribution in [0.15, 0.2) is 53.6 Å². The maximum absolute atomic E-state index is 13.5. The van der Waals surface area contributed by atoms with E-state index in [0.717, 1.165) is 69.1 Å². The first-order chi connectivity index (χ1) is 20.8. The SMILES string of the molecule is CC(=O)c1c(C)c2cnc(Nc3ccc(C4CCN(Cc5ccc([C@H](C)Cl)cc5)CC4)cn3)nc2n(C2CCCC2)c1=O. The smallest absolute Gasteiger partial charge is 0.263 e. The summed E-state index contributed by atoms with van der Waals surface area (Å²) in [4.78, 5) is 42.4. The average Bonchev–Trinajstić information content (AvgIpc) is 3.53. The van der Waals surface area contributed by atoms with Gasteiger partial charge < -0.3 is 5.32 Å². The van der Waals surface area contributed by atoms with E-state index in [9.17, 15) is 9.59 Å². The number of fused-ring (bicyclic) bond motifs is 1. The van der Waals surface area contributed by atoms with Gasteiger partial charge in [-0.2, -0.15) is 4.98 Å². The highest BCUT2D eigenvalue weighted by Gasteiger charge is 2.26.